The van der Waals surface area contributed by atoms with Crippen molar-refractivity contribution in [1.82, 2.24) is 0 Å². The van der Waals surface area contributed by atoms with Gasteiger partial charge in [-0.1, -0.05) is 27.5 Å². The van der Waals surface area contributed by atoms with E-state index >= 15 is 0 Å². The Labute approximate surface area is 93.6 Å². The van der Waals surface area contributed by atoms with Gasteiger partial charge in [-0.3, -0.25) is 4.79 Å². The fraction of sp³-hybridized carbons (Fsp3) is 0.375. The first kappa shape index (κ1) is 9.49. The quantitative estimate of drug-likeness (QED) is 0.724. The number of rotatable bonds is 1. The second-order valence-electron chi connectivity index (χ2n) is 2.83. The molecular formula is C8H7BrClNOS. The summed E-state index contributed by atoms with van der Waals surface area (Å²) in [6, 6.07) is 1.88. The molecule has 0 N–H and O–H groups in total. The Balaban J connectivity index is 2.28. The van der Waals surface area contributed by atoms with Gasteiger partial charge in [-0.25, -0.2) is 0 Å². The predicted octanol–water partition coefficient (Wildman–Crippen LogP) is 2.90. The number of halogens is 2. The Morgan fingerprint density at radius 3 is 2.92 bits per heavy atom. The van der Waals surface area contributed by atoms with E-state index in [0.717, 1.165) is 18.7 Å². The molecule has 1 atom stereocenters. The first-order valence-corrected chi connectivity index (χ1v) is 6.06. The minimum atomic E-state index is -0.0385. The number of nitrogens with zero attached hydrogens (tertiary/aromatic N) is 1. The van der Waals surface area contributed by atoms with E-state index in [4.69, 9.17) is 11.6 Å². The second-order valence-corrected chi connectivity index (χ2v) is 5.45. The van der Waals surface area contributed by atoms with Crippen LogP contribution >= 0.6 is 38.9 Å². The molecule has 1 saturated heterocycles. The highest BCUT2D eigenvalue weighted by atomic mass is 79.9. The molecule has 1 amide bonds. The molecule has 2 rings (SSSR count). The van der Waals surface area contributed by atoms with E-state index in [1.165, 1.54) is 11.3 Å². The highest BCUT2D eigenvalue weighted by Crippen LogP contribution is 2.34. The number of hydrogen-bond donors (Lipinski definition) is 0. The fourth-order valence-electron chi connectivity index (χ4n) is 1.36. The van der Waals surface area contributed by atoms with Gasteiger partial charge in [0, 0.05) is 6.54 Å². The van der Waals surface area contributed by atoms with E-state index in [1.54, 1.807) is 4.90 Å². The normalized spacial score (nSPS) is 22.8. The number of carbonyl (C=O) groups excluding carboxylic acids is 1. The number of hydrogen-bond acceptors (Lipinski definition) is 2. The van der Waals surface area contributed by atoms with Crippen LogP contribution in [0.3, 0.4) is 0 Å². The summed E-state index contributed by atoms with van der Waals surface area (Å²) < 4.78 is 0.690. The molecule has 1 aliphatic rings. The van der Waals surface area contributed by atoms with Gasteiger partial charge in [-0.05, 0) is 17.9 Å². The van der Waals surface area contributed by atoms with Crippen molar-refractivity contribution in [2.45, 2.75) is 11.2 Å². The predicted molar refractivity (Wildman–Crippen MR) is 59.0 cm³/mol. The summed E-state index contributed by atoms with van der Waals surface area (Å²) in [4.78, 5) is 13.3. The lowest BCUT2D eigenvalue weighted by Gasteiger charge is -2.14. The smallest absolute Gasteiger partial charge is 0.240 e. The van der Waals surface area contributed by atoms with Gasteiger partial charge >= 0.3 is 0 Å². The highest BCUT2D eigenvalue weighted by Gasteiger charge is 2.31. The van der Waals surface area contributed by atoms with E-state index < -0.39 is 0 Å². The molecule has 1 aromatic heterocycles. The molecule has 0 radical (unpaired) electrons. The largest absolute Gasteiger partial charge is 0.309 e. The van der Waals surface area contributed by atoms with Gasteiger partial charge in [-0.2, -0.15) is 0 Å². The molecule has 1 aliphatic heterocycles. The SMILES string of the molecule is O=C1C(Br)CCN1c1ccsc1Cl. The number of anilines is 1. The van der Waals surface area contributed by atoms with Crippen molar-refractivity contribution < 1.29 is 4.79 Å². The molecule has 0 saturated carbocycles. The lowest BCUT2D eigenvalue weighted by molar-refractivity contribution is -0.116. The zero-order chi connectivity index (χ0) is 9.42. The van der Waals surface area contributed by atoms with Crippen molar-refractivity contribution >= 4 is 50.5 Å². The van der Waals surface area contributed by atoms with Gasteiger partial charge in [0.05, 0.1) is 10.5 Å². The molecule has 5 heteroatoms. The van der Waals surface area contributed by atoms with Gasteiger partial charge in [0.2, 0.25) is 5.91 Å². The highest BCUT2D eigenvalue weighted by molar-refractivity contribution is 9.10. The average molecular weight is 281 g/mol. The summed E-state index contributed by atoms with van der Waals surface area (Å²) in [5.41, 5.74) is 0.846. The molecule has 2 heterocycles. The van der Waals surface area contributed by atoms with Gasteiger partial charge in [0.1, 0.15) is 4.34 Å². The molecule has 0 aliphatic carbocycles. The Hall–Kier alpha value is -0.0600. The van der Waals surface area contributed by atoms with Gasteiger partial charge in [-0.15, -0.1) is 11.3 Å². The van der Waals surface area contributed by atoms with Crippen LogP contribution in [0.1, 0.15) is 6.42 Å². The first-order chi connectivity index (χ1) is 6.20. The van der Waals surface area contributed by atoms with E-state index in [0.29, 0.717) is 4.34 Å². The fourth-order valence-corrected chi connectivity index (χ4v) is 2.75. The standard InChI is InChI=1S/C8H7BrClNOS/c9-5-1-3-11(8(5)12)6-2-4-13-7(6)10/h2,4-5H,1,3H2. The van der Waals surface area contributed by atoms with Crippen molar-refractivity contribution in [3.8, 4) is 0 Å². The molecule has 0 bridgehead atoms. The average Bonchev–Trinajstić information content (AvgIpc) is 2.62. The molecule has 1 aromatic rings. The number of thiophene rings is 1. The van der Waals surface area contributed by atoms with Crippen molar-refractivity contribution in [3.63, 3.8) is 0 Å². The summed E-state index contributed by atoms with van der Waals surface area (Å²) in [6.45, 7) is 0.755. The third-order valence-electron chi connectivity index (χ3n) is 2.03. The van der Waals surface area contributed by atoms with Crippen LogP contribution in [0.15, 0.2) is 11.4 Å². The molecule has 0 aromatic carbocycles. The number of amides is 1. The Bertz CT molecular complexity index is 341. The van der Waals surface area contributed by atoms with Gasteiger partial charge in [0.15, 0.2) is 0 Å². The van der Waals surface area contributed by atoms with Crippen molar-refractivity contribution in [2.24, 2.45) is 0 Å². The molecule has 70 valence electrons. The molecule has 1 unspecified atom stereocenters. The Morgan fingerprint density at radius 1 is 1.69 bits per heavy atom. The Kier molecular flexibility index (Phi) is 2.62. The molecule has 1 fully saturated rings. The summed E-state index contributed by atoms with van der Waals surface area (Å²) in [5.74, 6) is 0.111. The van der Waals surface area contributed by atoms with Gasteiger partial charge < -0.3 is 4.90 Å². The van der Waals surface area contributed by atoms with Crippen molar-refractivity contribution in [1.29, 1.82) is 0 Å². The third kappa shape index (κ3) is 1.63. The second kappa shape index (κ2) is 3.59. The van der Waals surface area contributed by atoms with E-state index in [1.807, 2.05) is 11.4 Å². The van der Waals surface area contributed by atoms with E-state index in [2.05, 4.69) is 15.9 Å². The molecular weight excluding hydrogens is 274 g/mol. The van der Waals surface area contributed by atoms with Crippen LogP contribution in [-0.2, 0) is 4.79 Å². The molecule has 0 spiro atoms. The maximum Gasteiger partial charge on any atom is 0.240 e. The minimum Gasteiger partial charge on any atom is -0.309 e. The summed E-state index contributed by atoms with van der Waals surface area (Å²) >= 11 is 10.7. The van der Waals surface area contributed by atoms with Crippen LogP contribution < -0.4 is 4.90 Å². The third-order valence-corrected chi connectivity index (χ3v) is 4.03. The number of alkyl halides is 1. The lowest BCUT2D eigenvalue weighted by atomic mass is 10.4. The monoisotopic (exact) mass is 279 g/mol. The maximum atomic E-state index is 11.6. The van der Waals surface area contributed by atoms with Crippen molar-refractivity contribution in [3.05, 3.63) is 15.8 Å². The zero-order valence-corrected chi connectivity index (χ0v) is 9.82. The summed E-state index contributed by atoms with van der Waals surface area (Å²) in [5, 5.41) is 1.90. The van der Waals surface area contributed by atoms with Crippen molar-refractivity contribution in [2.75, 3.05) is 11.4 Å². The Morgan fingerprint density at radius 2 is 2.46 bits per heavy atom. The van der Waals surface area contributed by atoms with Crippen LogP contribution in [0.4, 0.5) is 5.69 Å². The van der Waals surface area contributed by atoms with Crippen LogP contribution in [-0.4, -0.2) is 17.3 Å². The molecule has 13 heavy (non-hydrogen) atoms. The van der Waals surface area contributed by atoms with E-state index in [-0.39, 0.29) is 10.7 Å². The molecule has 2 nitrogen and oxygen atoms in total. The van der Waals surface area contributed by atoms with Crippen LogP contribution in [0.25, 0.3) is 0 Å². The van der Waals surface area contributed by atoms with Crippen LogP contribution in [0.5, 0.6) is 0 Å². The number of carbonyl (C=O) groups is 1. The summed E-state index contributed by atoms with van der Waals surface area (Å²) in [6.07, 6.45) is 0.852. The van der Waals surface area contributed by atoms with Crippen LogP contribution in [0, 0.1) is 0 Å². The zero-order valence-electron chi connectivity index (χ0n) is 6.67. The first-order valence-electron chi connectivity index (χ1n) is 3.88. The lowest BCUT2D eigenvalue weighted by Crippen LogP contribution is -2.26. The van der Waals surface area contributed by atoms with E-state index in [9.17, 15) is 4.79 Å². The topological polar surface area (TPSA) is 20.3 Å². The maximum absolute atomic E-state index is 11.6. The summed E-state index contributed by atoms with van der Waals surface area (Å²) in [7, 11) is 0. The van der Waals surface area contributed by atoms with Crippen LogP contribution in [0.2, 0.25) is 4.34 Å². The van der Waals surface area contributed by atoms with Gasteiger partial charge in [0.25, 0.3) is 0 Å². The minimum absolute atomic E-state index is 0.0385.